The molecular weight excluding hydrogens is 411 g/mol. The van der Waals surface area contributed by atoms with Gasteiger partial charge in [-0.25, -0.2) is 9.18 Å². The highest BCUT2D eigenvalue weighted by Crippen LogP contribution is 2.09. The highest BCUT2D eigenvalue weighted by molar-refractivity contribution is 5.80. The molecule has 0 radical (unpaired) electrons. The normalized spacial score (nSPS) is 13.6. The molecule has 32 heavy (non-hydrogen) atoms. The molecular formula is C24H29FN4O3. The summed E-state index contributed by atoms with van der Waals surface area (Å²) in [5.74, 6) is -0.397. The Hall–Kier alpha value is -3.42. The van der Waals surface area contributed by atoms with E-state index < -0.39 is 0 Å². The standard InChI is InChI=1S/C24H29FN4O3/c1-27(18-20-5-3-2-4-6-20)24(32)26-12-11-22(30)28-13-15-29(16-14-28)23(31)17-19-7-9-21(25)10-8-19/h2-10H,11-18H2,1H3,(H,26,32). The third-order valence-corrected chi connectivity index (χ3v) is 5.48. The Bertz CT molecular complexity index is 913. The predicted octanol–water partition coefficient (Wildman–Crippen LogP) is 2.27. The fourth-order valence-electron chi connectivity index (χ4n) is 3.59. The summed E-state index contributed by atoms with van der Waals surface area (Å²) in [7, 11) is 1.71. The molecule has 0 spiro atoms. The van der Waals surface area contributed by atoms with Crippen molar-refractivity contribution in [3.05, 3.63) is 71.5 Å². The summed E-state index contributed by atoms with van der Waals surface area (Å²) < 4.78 is 13.0. The zero-order valence-corrected chi connectivity index (χ0v) is 18.3. The van der Waals surface area contributed by atoms with Crippen molar-refractivity contribution in [1.29, 1.82) is 0 Å². The predicted molar refractivity (Wildman–Crippen MR) is 119 cm³/mol. The molecule has 1 N–H and O–H groups in total. The molecule has 1 aliphatic rings. The van der Waals surface area contributed by atoms with Crippen LogP contribution in [0.1, 0.15) is 17.5 Å². The highest BCUT2D eigenvalue weighted by atomic mass is 19.1. The molecule has 8 heteroatoms. The second kappa shape index (κ2) is 11.3. The van der Waals surface area contributed by atoms with E-state index in [1.54, 1.807) is 33.9 Å². The highest BCUT2D eigenvalue weighted by Gasteiger charge is 2.24. The van der Waals surface area contributed by atoms with Crippen molar-refractivity contribution in [3.63, 3.8) is 0 Å². The van der Waals surface area contributed by atoms with Crippen molar-refractivity contribution >= 4 is 17.8 Å². The number of carbonyl (C=O) groups is 3. The number of amides is 4. The Morgan fingerprint density at radius 1 is 0.875 bits per heavy atom. The second-order valence-electron chi connectivity index (χ2n) is 7.89. The van der Waals surface area contributed by atoms with Gasteiger partial charge in [-0.1, -0.05) is 42.5 Å². The van der Waals surface area contributed by atoms with Gasteiger partial charge in [-0.15, -0.1) is 0 Å². The van der Waals surface area contributed by atoms with Crippen LogP contribution < -0.4 is 5.32 Å². The largest absolute Gasteiger partial charge is 0.339 e. The smallest absolute Gasteiger partial charge is 0.317 e. The van der Waals surface area contributed by atoms with Gasteiger partial charge in [0.25, 0.3) is 0 Å². The number of nitrogens with zero attached hydrogens (tertiary/aromatic N) is 3. The Kier molecular flexibility index (Phi) is 8.19. The van der Waals surface area contributed by atoms with E-state index in [1.165, 1.54) is 12.1 Å². The third kappa shape index (κ3) is 6.80. The van der Waals surface area contributed by atoms with Gasteiger partial charge in [0.15, 0.2) is 0 Å². The number of urea groups is 1. The lowest BCUT2D eigenvalue weighted by Crippen LogP contribution is -2.51. The average molecular weight is 441 g/mol. The molecule has 1 aliphatic heterocycles. The van der Waals surface area contributed by atoms with E-state index in [-0.39, 0.29) is 43.0 Å². The zero-order valence-electron chi connectivity index (χ0n) is 18.3. The number of hydrogen-bond acceptors (Lipinski definition) is 3. The van der Waals surface area contributed by atoms with Gasteiger partial charge in [0.05, 0.1) is 6.42 Å². The van der Waals surface area contributed by atoms with E-state index in [0.717, 1.165) is 11.1 Å². The van der Waals surface area contributed by atoms with E-state index in [4.69, 9.17) is 0 Å². The van der Waals surface area contributed by atoms with Gasteiger partial charge in [-0.3, -0.25) is 9.59 Å². The van der Waals surface area contributed by atoms with Crippen molar-refractivity contribution in [2.75, 3.05) is 39.8 Å². The van der Waals surface area contributed by atoms with Gasteiger partial charge >= 0.3 is 6.03 Å². The van der Waals surface area contributed by atoms with Gasteiger partial charge in [0, 0.05) is 52.7 Å². The molecule has 0 bridgehead atoms. The number of nitrogens with one attached hydrogen (secondary N) is 1. The molecule has 7 nitrogen and oxygen atoms in total. The van der Waals surface area contributed by atoms with Crippen LogP contribution in [0, 0.1) is 5.82 Å². The monoisotopic (exact) mass is 440 g/mol. The molecule has 0 saturated carbocycles. The number of halogens is 1. The van der Waals surface area contributed by atoms with Crippen LogP contribution in [-0.4, -0.2) is 72.3 Å². The van der Waals surface area contributed by atoms with Crippen LogP contribution in [0.2, 0.25) is 0 Å². The van der Waals surface area contributed by atoms with Crippen LogP contribution in [0.25, 0.3) is 0 Å². The average Bonchev–Trinajstić information content (AvgIpc) is 2.81. The maximum atomic E-state index is 13.0. The molecule has 1 saturated heterocycles. The summed E-state index contributed by atoms with van der Waals surface area (Å²) in [4.78, 5) is 42.2. The Morgan fingerprint density at radius 2 is 1.47 bits per heavy atom. The van der Waals surface area contributed by atoms with Crippen molar-refractivity contribution in [1.82, 2.24) is 20.0 Å². The lowest BCUT2D eigenvalue weighted by molar-refractivity contribution is -0.139. The molecule has 3 rings (SSSR count). The fraction of sp³-hybridized carbons (Fsp3) is 0.375. The number of rotatable bonds is 7. The van der Waals surface area contributed by atoms with Gasteiger partial charge in [-0.05, 0) is 23.3 Å². The first-order valence-corrected chi connectivity index (χ1v) is 10.8. The molecule has 1 fully saturated rings. The van der Waals surface area contributed by atoms with Crippen LogP contribution >= 0.6 is 0 Å². The quantitative estimate of drug-likeness (QED) is 0.718. The SMILES string of the molecule is CN(Cc1ccccc1)C(=O)NCCC(=O)N1CCN(C(=O)Cc2ccc(F)cc2)CC1. The molecule has 2 aromatic rings. The van der Waals surface area contributed by atoms with Crippen molar-refractivity contribution in [2.24, 2.45) is 0 Å². The minimum absolute atomic E-state index is 0.0302. The number of benzene rings is 2. The minimum atomic E-state index is -0.327. The molecule has 0 aromatic heterocycles. The molecule has 0 aliphatic carbocycles. The van der Waals surface area contributed by atoms with E-state index >= 15 is 0 Å². The first-order valence-electron chi connectivity index (χ1n) is 10.8. The maximum absolute atomic E-state index is 13.0. The number of carbonyl (C=O) groups excluding carboxylic acids is 3. The molecule has 2 aromatic carbocycles. The Balaban J connectivity index is 1.34. The van der Waals surface area contributed by atoms with E-state index in [9.17, 15) is 18.8 Å². The Morgan fingerprint density at radius 3 is 2.09 bits per heavy atom. The zero-order chi connectivity index (χ0) is 22.9. The summed E-state index contributed by atoms with van der Waals surface area (Å²) in [5.41, 5.74) is 1.80. The third-order valence-electron chi connectivity index (χ3n) is 5.48. The molecule has 4 amide bonds. The summed E-state index contributed by atoms with van der Waals surface area (Å²) in [5, 5.41) is 2.78. The summed E-state index contributed by atoms with van der Waals surface area (Å²) >= 11 is 0. The van der Waals surface area contributed by atoms with Gasteiger partial charge in [0.2, 0.25) is 11.8 Å². The molecule has 1 heterocycles. The lowest BCUT2D eigenvalue weighted by atomic mass is 10.1. The topological polar surface area (TPSA) is 73.0 Å². The van der Waals surface area contributed by atoms with Gasteiger partial charge < -0.3 is 20.0 Å². The van der Waals surface area contributed by atoms with Gasteiger partial charge in [-0.2, -0.15) is 0 Å². The summed E-state index contributed by atoms with van der Waals surface area (Å²) in [6.45, 7) is 2.64. The van der Waals surface area contributed by atoms with Crippen LogP contribution in [0.4, 0.5) is 9.18 Å². The molecule has 170 valence electrons. The minimum Gasteiger partial charge on any atom is -0.339 e. The fourth-order valence-corrected chi connectivity index (χ4v) is 3.59. The number of hydrogen-bond donors (Lipinski definition) is 1. The second-order valence-corrected chi connectivity index (χ2v) is 7.89. The van der Waals surface area contributed by atoms with E-state index in [2.05, 4.69) is 5.32 Å². The van der Waals surface area contributed by atoms with Crippen molar-refractivity contribution in [3.8, 4) is 0 Å². The maximum Gasteiger partial charge on any atom is 0.317 e. The summed E-state index contributed by atoms with van der Waals surface area (Å²) in [6.07, 6.45) is 0.436. The van der Waals surface area contributed by atoms with Crippen LogP contribution in [-0.2, 0) is 22.6 Å². The van der Waals surface area contributed by atoms with Gasteiger partial charge in [0.1, 0.15) is 5.82 Å². The van der Waals surface area contributed by atoms with Crippen LogP contribution in [0.3, 0.4) is 0 Å². The van der Waals surface area contributed by atoms with Crippen molar-refractivity contribution < 1.29 is 18.8 Å². The summed E-state index contributed by atoms with van der Waals surface area (Å²) in [6, 6.07) is 15.4. The molecule has 0 unspecified atom stereocenters. The van der Waals surface area contributed by atoms with Crippen molar-refractivity contribution in [2.45, 2.75) is 19.4 Å². The van der Waals surface area contributed by atoms with E-state index in [0.29, 0.717) is 32.7 Å². The number of piperazine rings is 1. The van der Waals surface area contributed by atoms with E-state index in [1.807, 2.05) is 30.3 Å². The van der Waals surface area contributed by atoms with Crippen LogP contribution in [0.5, 0.6) is 0 Å². The van der Waals surface area contributed by atoms with Crippen LogP contribution in [0.15, 0.2) is 54.6 Å². The Labute approximate surface area is 187 Å². The first kappa shape index (κ1) is 23.2. The molecule has 0 atom stereocenters. The first-order chi connectivity index (χ1) is 15.4. The lowest BCUT2D eigenvalue weighted by Gasteiger charge is -2.35.